The lowest BCUT2D eigenvalue weighted by atomic mass is 10.1. The number of hydrogen-bond donors (Lipinski definition) is 2. The van der Waals surface area contributed by atoms with Gasteiger partial charge in [-0.1, -0.05) is 19.1 Å². The summed E-state index contributed by atoms with van der Waals surface area (Å²) >= 11 is 0. The maximum atomic E-state index is 10.9. The Bertz CT molecular complexity index is 657. The highest BCUT2D eigenvalue weighted by atomic mass is 16.4. The van der Waals surface area contributed by atoms with E-state index in [2.05, 4.69) is 22.0 Å². The topological polar surface area (TPSA) is 67.2 Å². The summed E-state index contributed by atoms with van der Waals surface area (Å²) in [7, 11) is 0. The number of nitrogens with zero attached hydrogens (tertiary/aromatic N) is 2. The molecular formula is C17H21N3O2. The molecule has 22 heavy (non-hydrogen) atoms. The van der Waals surface area contributed by atoms with Crippen LogP contribution in [0.1, 0.15) is 53.7 Å². The van der Waals surface area contributed by atoms with Crippen molar-refractivity contribution < 1.29 is 9.90 Å². The number of carboxylic acid groups (broad SMARTS) is 1. The highest BCUT2D eigenvalue weighted by Gasteiger charge is 2.30. The summed E-state index contributed by atoms with van der Waals surface area (Å²) < 4.78 is 2.12. The van der Waals surface area contributed by atoms with E-state index in [4.69, 9.17) is 5.11 Å². The van der Waals surface area contributed by atoms with Gasteiger partial charge in [0.2, 0.25) is 0 Å². The van der Waals surface area contributed by atoms with Gasteiger partial charge in [-0.2, -0.15) is 5.10 Å². The molecule has 0 saturated heterocycles. The summed E-state index contributed by atoms with van der Waals surface area (Å²) in [6.07, 6.45) is 5.49. The third-order valence-corrected chi connectivity index (χ3v) is 3.96. The molecule has 0 unspecified atom stereocenters. The molecular weight excluding hydrogens is 278 g/mol. The predicted octanol–water partition coefficient (Wildman–Crippen LogP) is 3.48. The average Bonchev–Trinajstić information content (AvgIpc) is 3.28. The molecule has 1 aliphatic rings. The third kappa shape index (κ3) is 3.13. The van der Waals surface area contributed by atoms with Crippen LogP contribution in [0.3, 0.4) is 0 Å². The Morgan fingerprint density at radius 3 is 2.68 bits per heavy atom. The Morgan fingerprint density at radius 2 is 2.09 bits per heavy atom. The van der Waals surface area contributed by atoms with Crippen molar-refractivity contribution in [1.29, 1.82) is 0 Å². The fourth-order valence-electron chi connectivity index (χ4n) is 2.67. The summed E-state index contributed by atoms with van der Waals surface area (Å²) in [5, 5.41) is 16.9. The molecule has 2 N–H and O–H groups in total. The van der Waals surface area contributed by atoms with Crippen molar-refractivity contribution in [1.82, 2.24) is 9.78 Å². The number of anilines is 1. The van der Waals surface area contributed by atoms with Crippen molar-refractivity contribution >= 4 is 11.7 Å². The van der Waals surface area contributed by atoms with Gasteiger partial charge in [-0.15, -0.1) is 0 Å². The van der Waals surface area contributed by atoms with E-state index in [1.807, 2.05) is 18.3 Å². The number of rotatable bonds is 7. The highest BCUT2D eigenvalue weighted by Crippen LogP contribution is 2.43. The van der Waals surface area contributed by atoms with E-state index in [0.717, 1.165) is 24.2 Å². The maximum absolute atomic E-state index is 10.9. The molecule has 116 valence electrons. The molecule has 5 nitrogen and oxygen atoms in total. The van der Waals surface area contributed by atoms with Crippen LogP contribution in [0.25, 0.3) is 0 Å². The monoisotopic (exact) mass is 299 g/mol. The van der Waals surface area contributed by atoms with Crippen LogP contribution >= 0.6 is 0 Å². The van der Waals surface area contributed by atoms with E-state index < -0.39 is 5.97 Å². The first-order valence-electron chi connectivity index (χ1n) is 7.81. The molecule has 1 aliphatic carbocycles. The second kappa shape index (κ2) is 6.22. The van der Waals surface area contributed by atoms with Crippen LogP contribution in [0.2, 0.25) is 0 Å². The largest absolute Gasteiger partial charge is 0.478 e. The zero-order valence-corrected chi connectivity index (χ0v) is 12.7. The molecule has 1 fully saturated rings. The van der Waals surface area contributed by atoms with Crippen LogP contribution in [0, 0.1) is 0 Å². The fraction of sp³-hybridized carbons (Fsp3) is 0.412. The maximum Gasteiger partial charge on any atom is 0.335 e. The minimum absolute atomic E-state index is 0.318. The predicted molar refractivity (Wildman–Crippen MR) is 85.2 cm³/mol. The van der Waals surface area contributed by atoms with Crippen molar-refractivity contribution in [3.63, 3.8) is 0 Å². The number of aromatic carboxylic acids is 1. The SMILES string of the molecule is CCCn1ncc(NCc2ccc(C(=O)O)cc2)c1C1CC1. The Balaban J connectivity index is 1.69. The van der Waals surface area contributed by atoms with E-state index in [1.165, 1.54) is 18.5 Å². The van der Waals surface area contributed by atoms with Crippen LogP contribution in [0.5, 0.6) is 0 Å². The number of nitrogens with one attached hydrogen (secondary N) is 1. The van der Waals surface area contributed by atoms with Gasteiger partial charge < -0.3 is 10.4 Å². The highest BCUT2D eigenvalue weighted by molar-refractivity contribution is 5.87. The lowest BCUT2D eigenvalue weighted by Gasteiger charge is -2.10. The van der Waals surface area contributed by atoms with Gasteiger partial charge in [-0.3, -0.25) is 4.68 Å². The smallest absolute Gasteiger partial charge is 0.335 e. The summed E-state index contributed by atoms with van der Waals surface area (Å²) in [5.41, 5.74) is 3.82. The molecule has 3 rings (SSSR count). The zero-order valence-electron chi connectivity index (χ0n) is 12.7. The van der Waals surface area contributed by atoms with Gasteiger partial charge in [-0.25, -0.2) is 4.79 Å². The molecule has 1 heterocycles. The number of hydrogen-bond acceptors (Lipinski definition) is 3. The normalized spacial score (nSPS) is 14.0. The second-order valence-electron chi connectivity index (χ2n) is 5.80. The second-order valence-corrected chi connectivity index (χ2v) is 5.80. The summed E-state index contributed by atoms with van der Waals surface area (Å²) in [6.45, 7) is 3.80. The first-order valence-corrected chi connectivity index (χ1v) is 7.81. The van der Waals surface area contributed by atoms with Crippen LogP contribution in [-0.2, 0) is 13.1 Å². The van der Waals surface area contributed by atoms with Crippen LogP contribution < -0.4 is 5.32 Å². The Kier molecular flexibility index (Phi) is 4.13. The van der Waals surface area contributed by atoms with Crippen LogP contribution in [0.15, 0.2) is 30.5 Å². The minimum Gasteiger partial charge on any atom is -0.478 e. The van der Waals surface area contributed by atoms with Crippen molar-refractivity contribution in [3.05, 3.63) is 47.3 Å². The van der Waals surface area contributed by atoms with Gasteiger partial charge in [-0.05, 0) is 37.0 Å². The van der Waals surface area contributed by atoms with E-state index in [0.29, 0.717) is 18.0 Å². The zero-order chi connectivity index (χ0) is 15.5. The number of carbonyl (C=O) groups is 1. The molecule has 1 saturated carbocycles. The lowest BCUT2D eigenvalue weighted by molar-refractivity contribution is 0.0697. The first-order chi connectivity index (χ1) is 10.7. The molecule has 0 radical (unpaired) electrons. The molecule has 0 bridgehead atoms. The van der Waals surface area contributed by atoms with Crippen molar-refractivity contribution in [3.8, 4) is 0 Å². The van der Waals surface area contributed by atoms with E-state index in [1.54, 1.807) is 12.1 Å². The van der Waals surface area contributed by atoms with E-state index in [9.17, 15) is 4.79 Å². The summed E-state index contributed by atoms with van der Waals surface area (Å²) in [4.78, 5) is 10.9. The Hall–Kier alpha value is -2.30. The van der Waals surface area contributed by atoms with Crippen LogP contribution in [-0.4, -0.2) is 20.9 Å². The van der Waals surface area contributed by atoms with Crippen molar-refractivity contribution in [2.24, 2.45) is 0 Å². The van der Waals surface area contributed by atoms with Gasteiger partial charge in [0, 0.05) is 19.0 Å². The Labute approximate surface area is 130 Å². The average molecular weight is 299 g/mol. The molecule has 0 spiro atoms. The number of carboxylic acids is 1. The lowest BCUT2D eigenvalue weighted by Crippen LogP contribution is -2.06. The molecule has 0 atom stereocenters. The van der Waals surface area contributed by atoms with Gasteiger partial charge in [0.15, 0.2) is 0 Å². The van der Waals surface area contributed by atoms with Crippen molar-refractivity contribution in [2.45, 2.75) is 45.2 Å². The molecule has 2 aromatic rings. The molecule has 0 amide bonds. The molecule has 5 heteroatoms. The molecule has 0 aliphatic heterocycles. The summed E-state index contributed by atoms with van der Waals surface area (Å²) in [5.74, 6) is -0.248. The molecule has 1 aromatic carbocycles. The third-order valence-electron chi connectivity index (χ3n) is 3.96. The number of aryl methyl sites for hydroxylation is 1. The summed E-state index contributed by atoms with van der Waals surface area (Å²) in [6, 6.07) is 6.98. The number of benzene rings is 1. The van der Waals surface area contributed by atoms with Gasteiger partial charge in [0.05, 0.1) is 23.1 Å². The molecule has 1 aromatic heterocycles. The van der Waals surface area contributed by atoms with Gasteiger partial charge in [0.25, 0.3) is 0 Å². The standard InChI is InChI=1S/C17H21N3O2/c1-2-9-20-16(13-7-8-13)15(11-19-20)18-10-12-3-5-14(6-4-12)17(21)22/h3-6,11,13,18H,2,7-10H2,1H3,(H,21,22). The quantitative estimate of drug-likeness (QED) is 0.821. The first kappa shape index (κ1) is 14.6. The number of aromatic nitrogens is 2. The van der Waals surface area contributed by atoms with E-state index in [-0.39, 0.29) is 0 Å². The van der Waals surface area contributed by atoms with Gasteiger partial charge in [0.1, 0.15) is 0 Å². The van der Waals surface area contributed by atoms with Crippen LogP contribution in [0.4, 0.5) is 5.69 Å². The van der Waals surface area contributed by atoms with Crippen molar-refractivity contribution in [2.75, 3.05) is 5.32 Å². The van der Waals surface area contributed by atoms with E-state index >= 15 is 0 Å². The Morgan fingerprint density at radius 1 is 1.36 bits per heavy atom. The fourth-order valence-corrected chi connectivity index (χ4v) is 2.67. The van der Waals surface area contributed by atoms with Gasteiger partial charge >= 0.3 is 5.97 Å². The minimum atomic E-state index is -0.892.